The summed E-state index contributed by atoms with van der Waals surface area (Å²) in [4.78, 5) is 2.36. The molecule has 4 rings (SSSR count). The Balaban J connectivity index is 1.30. The molecule has 0 bridgehead atoms. The number of rotatable bonds is 6. The van der Waals surface area contributed by atoms with Gasteiger partial charge in [-0.3, -0.25) is 4.90 Å². The van der Waals surface area contributed by atoms with E-state index in [2.05, 4.69) is 51.8 Å². The lowest BCUT2D eigenvalue weighted by molar-refractivity contribution is 0.0119. The molecule has 1 saturated heterocycles. The summed E-state index contributed by atoms with van der Waals surface area (Å²) >= 11 is 0. The summed E-state index contributed by atoms with van der Waals surface area (Å²) < 4.78 is 8.30. The Morgan fingerprint density at radius 1 is 1.20 bits per heavy atom. The standard InChI is InChI=1S/C19H27N5O/c1-3-13-6-4-5-7-17(13)25-16-10-24(11-16)12-18-21-22-19(23(18)2)14-8-15(20)9-14/h4-7,14-16H,3,8-12,20H2,1-2H3. The van der Waals surface area contributed by atoms with E-state index < -0.39 is 0 Å². The number of hydrogen-bond donors (Lipinski definition) is 1. The fourth-order valence-electron chi connectivity index (χ4n) is 3.76. The van der Waals surface area contributed by atoms with Crippen LogP contribution in [0, 0.1) is 0 Å². The topological polar surface area (TPSA) is 69.2 Å². The predicted octanol–water partition coefficient (Wildman–Crippen LogP) is 1.85. The van der Waals surface area contributed by atoms with E-state index in [-0.39, 0.29) is 6.10 Å². The van der Waals surface area contributed by atoms with Crippen LogP contribution in [0.4, 0.5) is 0 Å². The first-order chi connectivity index (χ1) is 12.1. The fourth-order valence-corrected chi connectivity index (χ4v) is 3.76. The molecule has 25 heavy (non-hydrogen) atoms. The molecule has 6 heteroatoms. The van der Waals surface area contributed by atoms with Crippen LogP contribution in [0.2, 0.25) is 0 Å². The number of nitrogens with zero attached hydrogens (tertiary/aromatic N) is 4. The van der Waals surface area contributed by atoms with Gasteiger partial charge in [-0.15, -0.1) is 10.2 Å². The minimum atomic E-state index is 0.269. The molecule has 0 spiro atoms. The lowest BCUT2D eigenvalue weighted by Gasteiger charge is -2.39. The molecule has 2 fully saturated rings. The second-order valence-corrected chi connectivity index (χ2v) is 7.36. The van der Waals surface area contributed by atoms with Crippen molar-refractivity contribution in [2.45, 2.75) is 50.8 Å². The van der Waals surface area contributed by atoms with Gasteiger partial charge < -0.3 is 15.0 Å². The van der Waals surface area contributed by atoms with E-state index in [4.69, 9.17) is 10.5 Å². The highest BCUT2D eigenvalue weighted by atomic mass is 16.5. The first kappa shape index (κ1) is 16.5. The van der Waals surface area contributed by atoms with Crippen molar-refractivity contribution < 1.29 is 4.74 Å². The lowest BCUT2D eigenvalue weighted by atomic mass is 9.80. The van der Waals surface area contributed by atoms with Gasteiger partial charge in [-0.2, -0.15) is 0 Å². The molecule has 2 aromatic rings. The summed E-state index contributed by atoms with van der Waals surface area (Å²) in [5.74, 6) is 3.63. The van der Waals surface area contributed by atoms with E-state index in [1.54, 1.807) is 0 Å². The van der Waals surface area contributed by atoms with Crippen LogP contribution in [-0.2, 0) is 20.0 Å². The number of nitrogens with two attached hydrogens (primary N) is 1. The molecule has 0 radical (unpaired) electrons. The second-order valence-electron chi connectivity index (χ2n) is 7.36. The molecule has 2 N–H and O–H groups in total. The van der Waals surface area contributed by atoms with E-state index in [1.807, 2.05) is 6.07 Å². The third-order valence-electron chi connectivity index (χ3n) is 5.47. The summed E-state index contributed by atoms with van der Waals surface area (Å²) in [6.07, 6.45) is 3.33. The molecule has 1 aromatic heterocycles. The Morgan fingerprint density at radius 2 is 1.96 bits per heavy atom. The van der Waals surface area contributed by atoms with E-state index >= 15 is 0 Å². The predicted molar refractivity (Wildman–Crippen MR) is 96.5 cm³/mol. The molecule has 0 amide bonds. The summed E-state index contributed by atoms with van der Waals surface area (Å²) in [5.41, 5.74) is 7.17. The number of aryl methyl sites for hydroxylation is 1. The van der Waals surface area contributed by atoms with Crippen molar-refractivity contribution in [2.24, 2.45) is 12.8 Å². The van der Waals surface area contributed by atoms with Crippen molar-refractivity contribution in [2.75, 3.05) is 13.1 Å². The molecule has 0 unspecified atom stereocenters. The zero-order valence-electron chi connectivity index (χ0n) is 15.1. The van der Waals surface area contributed by atoms with Crippen molar-refractivity contribution in [3.8, 4) is 5.75 Å². The molecule has 0 atom stereocenters. The van der Waals surface area contributed by atoms with E-state index in [0.29, 0.717) is 12.0 Å². The Hall–Kier alpha value is -1.92. The van der Waals surface area contributed by atoms with Gasteiger partial charge in [-0.1, -0.05) is 25.1 Å². The first-order valence-electron chi connectivity index (χ1n) is 9.24. The fraction of sp³-hybridized carbons (Fsp3) is 0.579. The van der Waals surface area contributed by atoms with Gasteiger partial charge in [-0.25, -0.2) is 0 Å². The number of para-hydroxylation sites is 1. The SMILES string of the molecule is CCc1ccccc1OC1CN(Cc2nnc(C3CC(N)C3)n2C)C1. The normalized spacial score (nSPS) is 24.0. The van der Waals surface area contributed by atoms with Crippen LogP contribution < -0.4 is 10.5 Å². The number of hydrogen-bond acceptors (Lipinski definition) is 5. The maximum absolute atomic E-state index is 6.15. The molecule has 2 heterocycles. The smallest absolute Gasteiger partial charge is 0.146 e. The summed E-state index contributed by atoms with van der Waals surface area (Å²) in [5, 5.41) is 8.78. The van der Waals surface area contributed by atoms with E-state index in [0.717, 1.165) is 56.3 Å². The molecule has 1 aromatic carbocycles. The van der Waals surface area contributed by atoms with Crippen LogP contribution in [0.25, 0.3) is 0 Å². The summed E-state index contributed by atoms with van der Waals surface area (Å²) in [7, 11) is 2.07. The minimum Gasteiger partial charge on any atom is -0.487 e. The number of benzene rings is 1. The summed E-state index contributed by atoms with van der Waals surface area (Å²) in [6.45, 7) is 4.87. The Bertz CT molecular complexity index is 731. The molecule has 1 saturated carbocycles. The van der Waals surface area contributed by atoms with Gasteiger partial charge >= 0.3 is 0 Å². The van der Waals surface area contributed by atoms with E-state index in [9.17, 15) is 0 Å². The van der Waals surface area contributed by atoms with Crippen molar-refractivity contribution in [1.29, 1.82) is 0 Å². The zero-order chi connectivity index (χ0) is 17.4. The Labute approximate surface area is 149 Å². The van der Waals surface area contributed by atoms with Gasteiger partial charge in [0.15, 0.2) is 0 Å². The van der Waals surface area contributed by atoms with Gasteiger partial charge in [0.1, 0.15) is 23.5 Å². The van der Waals surface area contributed by atoms with Crippen LogP contribution in [0.5, 0.6) is 5.75 Å². The van der Waals surface area contributed by atoms with Crippen LogP contribution in [0.1, 0.15) is 42.9 Å². The van der Waals surface area contributed by atoms with Gasteiger partial charge in [0.25, 0.3) is 0 Å². The molecule has 2 aliphatic rings. The average molecular weight is 341 g/mol. The molecule has 134 valence electrons. The molecule has 1 aliphatic carbocycles. The largest absolute Gasteiger partial charge is 0.487 e. The third-order valence-corrected chi connectivity index (χ3v) is 5.47. The molecular weight excluding hydrogens is 314 g/mol. The van der Waals surface area contributed by atoms with Gasteiger partial charge in [0.2, 0.25) is 0 Å². The number of aromatic nitrogens is 3. The van der Waals surface area contributed by atoms with Gasteiger partial charge in [0.05, 0.1) is 6.54 Å². The maximum atomic E-state index is 6.15. The summed E-state index contributed by atoms with van der Waals surface area (Å²) in [6, 6.07) is 8.65. The quantitative estimate of drug-likeness (QED) is 0.868. The Kier molecular flexibility index (Phi) is 4.48. The van der Waals surface area contributed by atoms with Crippen LogP contribution in [-0.4, -0.2) is 44.9 Å². The Morgan fingerprint density at radius 3 is 2.68 bits per heavy atom. The van der Waals surface area contributed by atoms with Crippen molar-refractivity contribution >= 4 is 0 Å². The minimum absolute atomic E-state index is 0.269. The van der Waals surface area contributed by atoms with Crippen LogP contribution in [0.3, 0.4) is 0 Å². The van der Waals surface area contributed by atoms with Crippen LogP contribution in [0.15, 0.2) is 24.3 Å². The lowest BCUT2D eigenvalue weighted by Crippen LogP contribution is -2.53. The number of ether oxygens (including phenoxy) is 1. The van der Waals surface area contributed by atoms with Gasteiger partial charge in [-0.05, 0) is 30.9 Å². The number of likely N-dealkylation sites (tertiary alicyclic amines) is 1. The second kappa shape index (κ2) is 6.77. The van der Waals surface area contributed by atoms with Crippen LogP contribution >= 0.6 is 0 Å². The average Bonchev–Trinajstić information content (AvgIpc) is 2.91. The molecular formula is C19H27N5O. The van der Waals surface area contributed by atoms with Gasteiger partial charge in [0, 0.05) is 32.1 Å². The zero-order valence-corrected chi connectivity index (χ0v) is 15.1. The molecule has 6 nitrogen and oxygen atoms in total. The van der Waals surface area contributed by atoms with Crippen molar-refractivity contribution in [3.63, 3.8) is 0 Å². The van der Waals surface area contributed by atoms with Crippen molar-refractivity contribution in [3.05, 3.63) is 41.5 Å². The van der Waals surface area contributed by atoms with E-state index in [1.165, 1.54) is 5.56 Å². The molecule has 1 aliphatic heterocycles. The first-order valence-corrected chi connectivity index (χ1v) is 9.24. The monoisotopic (exact) mass is 341 g/mol. The third kappa shape index (κ3) is 3.28. The highest BCUT2D eigenvalue weighted by Gasteiger charge is 2.33. The highest BCUT2D eigenvalue weighted by molar-refractivity contribution is 5.33. The maximum Gasteiger partial charge on any atom is 0.146 e. The highest BCUT2D eigenvalue weighted by Crippen LogP contribution is 2.34. The van der Waals surface area contributed by atoms with Crippen molar-refractivity contribution in [1.82, 2.24) is 19.7 Å².